The van der Waals surface area contributed by atoms with Gasteiger partial charge in [0.2, 0.25) is 0 Å². The van der Waals surface area contributed by atoms with E-state index >= 15 is 0 Å². The smallest absolute Gasteiger partial charge is 0.319 e. The molecule has 0 aliphatic heterocycles. The van der Waals surface area contributed by atoms with Gasteiger partial charge in [0, 0.05) is 18.2 Å². The van der Waals surface area contributed by atoms with Crippen LogP contribution in [0.15, 0.2) is 40.3 Å². The van der Waals surface area contributed by atoms with Gasteiger partial charge >= 0.3 is 6.03 Å². The first-order chi connectivity index (χ1) is 12.3. The summed E-state index contributed by atoms with van der Waals surface area (Å²) >= 11 is 0. The van der Waals surface area contributed by atoms with Crippen LogP contribution in [0.2, 0.25) is 0 Å². The van der Waals surface area contributed by atoms with Crippen LogP contribution < -0.4 is 15.8 Å². The monoisotopic (exact) mass is 356 g/mol. The number of imide groups is 1. The topological polar surface area (TPSA) is 161 Å². The standard InChI is InChI=1S/C16H12N4O6/c1-25-13-4-2-10(20(23)24)7-12(13)14-5-3-11(26-14)6-9(8-17)15(21)19-16(18)22/h2-7H,1H3,(H3,18,19,21,22)/b9-6-. The largest absolute Gasteiger partial charge is 0.496 e. The van der Waals surface area contributed by atoms with Crippen LogP contribution in [-0.2, 0) is 4.79 Å². The number of amides is 3. The summed E-state index contributed by atoms with van der Waals surface area (Å²) in [6.45, 7) is 0. The molecule has 0 saturated heterocycles. The zero-order valence-electron chi connectivity index (χ0n) is 13.4. The predicted molar refractivity (Wildman–Crippen MR) is 88.7 cm³/mol. The van der Waals surface area contributed by atoms with E-state index in [0.29, 0.717) is 11.3 Å². The van der Waals surface area contributed by atoms with Crippen molar-refractivity contribution in [2.24, 2.45) is 5.73 Å². The van der Waals surface area contributed by atoms with Gasteiger partial charge in [0.15, 0.2) is 0 Å². The van der Waals surface area contributed by atoms with E-state index in [2.05, 4.69) is 0 Å². The molecular formula is C16H12N4O6. The number of hydrogen-bond donors (Lipinski definition) is 2. The zero-order chi connectivity index (χ0) is 19.3. The van der Waals surface area contributed by atoms with Gasteiger partial charge in [-0.2, -0.15) is 5.26 Å². The highest BCUT2D eigenvalue weighted by atomic mass is 16.6. The minimum Gasteiger partial charge on any atom is -0.496 e. The number of benzene rings is 1. The summed E-state index contributed by atoms with van der Waals surface area (Å²) < 4.78 is 10.7. The van der Waals surface area contributed by atoms with E-state index in [1.54, 1.807) is 11.4 Å². The third-order valence-corrected chi connectivity index (χ3v) is 3.17. The Balaban J connectivity index is 2.41. The number of nitrogens with one attached hydrogen (secondary N) is 1. The third-order valence-electron chi connectivity index (χ3n) is 3.17. The Bertz CT molecular complexity index is 954. The van der Waals surface area contributed by atoms with Gasteiger partial charge < -0.3 is 14.9 Å². The second-order valence-corrected chi connectivity index (χ2v) is 4.83. The number of furan rings is 1. The number of rotatable bonds is 5. The van der Waals surface area contributed by atoms with Crippen molar-refractivity contribution in [1.82, 2.24) is 5.32 Å². The summed E-state index contributed by atoms with van der Waals surface area (Å²) in [6, 6.07) is 7.44. The van der Waals surface area contributed by atoms with E-state index in [-0.39, 0.29) is 17.2 Å². The lowest BCUT2D eigenvalue weighted by Gasteiger charge is -2.05. The first-order valence-electron chi connectivity index (χ1n) is 7.01. The number of nitro groups is 1. The number of nitro benzene ring substituents is 1. The van der Waals surface area contributed by atoms with Crippen molar-refractivity contribution < 1.29 is 23.7 Å². The second-order valence-electron chi connectivity index (χ2n) is 4.83. The predicted octanol–water partition coefficient (Wildman–Crippen LogP) is 1.97. The Morgan fingerprint density at radius 1 is 1.38 bits per heavy atom. The van der Waals surface area contributed by atoms with Crippen LogP contribution in [0.3, 0.4) is 0 Å². The summed E-state index contributed by atoms with van der Waals surface area (Å²) in [7, 11) is 1.40. The molecule has 1 aromatic heterocycles. The highest BCUT2D eigenvalue weighted by Gasteiger charge is 2.17. The highest BCUT2D eigenvalue weighted by Crippen LogP contribution is 2.34. The van der Waals surface area contributed by atoms with E-state index in [0.717, 1.165) is 6.08 Å². The van der Waals surface area contributed by atoms with Gasteiger partial charge in [-0.05, 0) is 18.2 Å². The molecule has 10 nitrogen and oxygen atoms in total. The number of methoxy groups -OCH3 is 1. The van der Waals surface area contributed by atoms with Gasteiger partial charge in [0.25, 0.3) is 11.6 Å². The van der Waals surface area contributed by atoms with E-state index in [1.165, 1.54) is 37.4 Å². The van der Waals surface area contributed by atoms with Gasteiger partial charge in [-0.3, -0.25) is 20.2 Å². The molecule has 0 aliphatic rings. The fourth-order valence-corrected chi connectivity index (χ4v) is 2.05. The molecule has 3 N–H and O–H groups in total. The van der Waals surface area contributed by atoms with Crippen molar-refractivity contribution in [1.29, 1.82) is 5.26 Å². The summed E-state index contributed by atoms with van der Waals surface area (Å²) in [4.78, 5) is 32.7. The first-order valence-corrected chi connectivity index (χ1v) is 7.01. The van der Waals surface area contributed by atoms with E-state index in [1.807, 2.05) is 0 Å². The minimum atomic E-state index is -1.10. The minimum absolute atomic E-state index is 0.115. The molecule has 0 spiro atoms. The Morgan fingerprint density at radius 3 is 2.69 bits per heavy atom. The van der Waals surface area contributed by atoms with Gasteiger partial charge in [-0.1, -0.05) is 0 Å². The Morgan fingerprint density at radius 2 is 2.12 bits per heavy atom. The number of nitrogens with two attached hydrogens (primary N) is 1. The van der Waals surface area contributed by atoms with Gasteiger partial charge in [-0.15, -0.1) is 0 Å². The number of carbonyl (C=O) groups is 2. The van der Waals surface area contributed by atoms with Crippen LogP contribution in [0.4, 0.5) is 10.5 Å². The van der Waals surface area contributed by atoms with E-state index < -0.39 is 22.4 Å². The van der Waals surface area contributed by atoms with Crippen molar-refractivity contribution in [3.8, 4) is 23.1 Å². The number of urea groups is 1. The average molecular weight is 356 g/mol. The Hall–Kier alpha value is -4.13. The molecule has 132 valence electrons. The van der Waals surface area contributed by atoms with E-state index in [4.69, 9.17) is 20.1 Å². The summed E-state index contributed by atoms with van der Waals surface area (Å²) in [5.74, 6) is -0.299. The third kappa shape index (κ3) is 4.04. The first kappa shape index (κ1) is 18.2. The number of nitrogens with zero attached hydrogens (tertiary/aromatic N) is 2. The molecule has 0 unspecified atom stereocenters. The van der Waals surface area contributed by atoms with Crippen molar-refractivity contribution in [3.05, 3.63) is 51.8 Å². The molecule has 0 aliphatic carbocycles. The van der Waals surface area contributed by atoms with Gasteiger partial charge in [-0.25, -0.2) is 4.79 Å². The van der Waals surface area contributed by atoms with E-state index in [9.17, 15) is 19.7 Å². The van der Waals surface area contributed by atoms with Crippen molar-refractivity contribution in [2.45, 2.75) is 0 Å². The number of nitriles is 1. The fraction of sp³-hybridized carbons (Fsp3) is 0.0625. The molecule has 10 heteroatoms. The van der Waals surface area contributed by atoms with Crippen LogP contribution in [0.5, 0.6) is 5.75 Å². The Kier molecular flexibility index (Phi) is 5.34. The molecule has 0 bridgehead atoms. The number of hydrogen-bond acceptors (Lipinski definition) is 7. The lowest BCUT2D eigenvalue weighted by atomic mass is 10.1. The van der Waals surface area contributed by atoms with Crippen LogP contribution in [0.25, 0.3) is 17.4 Å². The number of ether oxygens (including phenoxy) is 1. The molecule has 2 aromatic rings. The van der Waals surface area contributed by atoms with Crippen LogP contribution >= 0.6 is 0 Å². The molecule has 1 aromatic carbocycles. The molecule has 3 amide bonds. The number of non-ortho nitro benzene ring substituents is 1. The van der Waals surface area contributed by atoms with Crippen molar-refractivity contribution >= 4 is 23.7 Å². The lowest BCUT2D eigenvalue weighted by Crippen LogP contribution is -2.35. The molecule has 0 atom stereocenters. The SMILES string of the molecule is COc1ccc([N+](=O)[O-])cc1-c1ccc(/C=C(/C#N)C(=O)NC(N)=O)o1. The molecule has 0 saturated carbocycles. The number of primary amides is 1. The van der Waals surface area contributed by atoms with Crippen LogP contribution in [-0.4, -0.2) is 24.0 Å². The highest BCUT2D eigenvalue weighted by molar-refractivity contribution is 6.08. The summed E-state index contributed by atoms with van der Waals surface area (Å²) in [5, 5.41) is 21.7. The summed E-state index contributed by atoms with van der Waals surface area (Å²) in [6.07, 6.45) is 1.10. The maximum Gasteiger partial charge on any atom is 0.319 e. The van der Waals surface area contributed by atoms with Gasteiger partial charge in [0.1, 0.15) is 28.9 Å². The molecule has 1 heterocycles. The Labute approximate surface area is 146 Å². The van der Waals surface area contributed by atoms with Crippen LogP contribution in [0, 0.1) is 21.4 Å². The van der Waals surface area contributed by atoms with Crippen molar-refractivity contribution in [3.63, 3.8) is 0 Å². The normalized spacial score (nSPS) is 10.7. The van der Waals surface area contributed by atoms with Gasteiger partial charge in [0.05, 0.1) is 17.6 Å². The zero-order valence-corrected chi connectivity index (χ0v) is 13.4. The maximum atomic E-state index is 11.6. The molecular weight excluding hydrogens is 344 g/mol. The molecule has 2 rings (SSSR count). The fourth-order valence-electron chi connectivity index (χ4n) is 2.05. The molecule has 0 radical (unpaired) electrons. The van der Waals surface area contributed by atoms with Crippen molar-refractivity contribution in [2.75, 3.05) is 7.11 Å². The number of carbonyl (C=O) groups excluding carboxylic acids is 2. The quantitative estimate of drug-likeness (QED) is 0.358. The second kappa shape index (κ2) is 7.63. The summed E-state index contributed by atoms with van der Waals surface area (Å²) in [5.41, 5.74) is 4.58. The maximum absolute atomic E-state index is 11.6. The van der Waals surface area contributed by atoms with Crippen LogP contribution in [0.1, 0.15) is 5.76 Å². The average Bonchev–Trinajstić information content (AvgIpc) is 3.06. The molecule has 26 heavy (non-hydrogen) atoms. The molecule has 0 fully saturated rings. The lowest BCUT2D eigenvalue weighted by molar-refractivity contribution is -0.384.